The van der Waals surface area contributed by atoms with E-state index in [1.807, 2.05) is 6.92 Å². The van der Waals surface area contributed by atoms with Crippen LogP contribution in [-0.4, -0.2) is 19.1 Å². The molecule has 0 atom stereocenters. The summed E-state index contributed by atoms with van der Waals surface area (Å²) >= 11 is 0. The Hall–Kier alpha value is -2.70. The molecule has 7 nitrogen and oxygen atoms in total. The fraction of sp³-hybridized carbons (Fsp3) is 0.231. The SMILES string of the molecule is Cc1cc2nc3c(=O)n(C)c(=O)n(C)c3nc2cc1N. The van der Waals surface area contributed by atoms with Crippen molar-refractivity contribution in [2.45, 2.75) is 6.92 Å². The third kappa shape index (κ3) is 1.52. The molecular formula is C13H13N5O2. The minimum Gasteiger partial charge on any atom is -0.398 e. The second kappa shape index (κ2) is 3.89. The molecule has 0 aliphatic carbocycles. The Morgan fingerprint density at radius 1 is 1.05 bits per heavy atom. The van der Waals surface area contributed by atoms with Crippen molar-refractivity contribution < 1.29 is 0 Å². The van der Waals surface area contributed by atoms with Gasteiger partial charge in [-0.25, -0.2) is 14.8 Å². The van der Waals surface area contributed by atoms with Crippen molar-refractivity contribution in [2.75, 3.05) is 5.73 Å². The standard InChI is InChI=1S/C13H13N5O2/c1-6-4-8-9(5-7(6)14)16-11-10(15-8)12(19)18(3)13(20)17(11)2/h4-5H,14H2,1-3H3. The summed E-state index contributed by atoms with van der Waals surface area (Å²) < 4.78 is 2.33. The summed E-state index contributed by atoms with van der Waals surface area (Å²) in [5.74, 6) is 0. The minimum atomic E-state index is -0.452. The zero-order chi connectivity index (χ0) is 14.6. The number of hydrogen-bond acceptors (Lipinski definition) is 5. The van der Waals surface area contributed by atoms with E-state index >= 15 is 0 Å². The maximum atomic E-state index is 12.1. The Morgan fingerprint density at radius 2 is 1.70 bits per heavy atom. The van der Waals surface area contributed by atoms with Crippen molar-refractivity contribution in [3.05, 3.63) is 38.5 Å². The maximum absolute atomic E-state index is 12.1. The molecule has 0 amide bonds. The van der Waals surface area contributed by atoms with Crippen LogP contribution in [0.3, 0.4) is 0 Å². The van der Waals surface area contributed by atoms with E-state index < -0.39 is 11.2 Å². The Balaban J connectivity index is 2.61. The third-order valence-corrected chi connectivity index (χ3v) is 3.43. The predicted octanol–water partition coefficient (Wildman–Crippen LogP) is 0.0710. The van der Waals surface area contributed by atoms with Crippen LogP contribution in [0.4, 0.5) is 5.69 Å². The van der Waals surface area contributed by atoms with Crippen LogP contribution in [0.15, 0.2) is 21.7 Å². The lowest BCUT2D eigenvalue weighted by Gasteiger charge is -2.08. The molecule has 3 rings (SSSR count). The number of aromatic nitrogens is 4. The van der Waals surface area contributed by atoms with E-state index in [4.69, 9.17) is 5.73 Å². The summed E-state index contributed by atoms with van der Waals surface area (Å²) in [4.78, 5) is 32.7. The van der Waals surface area contributed by atoms with Gasteiger partial charge in [0, 0.05) is 19.8 Å². The zero-order valence-electron chi connectivity index (χ0n) is 11.3. The second-order valence-electron chi connectivity index (χ2n) is 4.80. The lowest BCUT2D eigenvalue weighted by atomic mass is 10.1. The van der Waals surface area contributed by atoms with Crippen LogP contribution in [0.2, 0.25) is 0 Å². The number of nitrogen functional groups attached to an aromatic ring is 1. The lowest BCUT2D eigenvalue weighted by molar-refractivity contribution is 0.706. The van der Waals surface area contributed by atoms with Crippen molar-refractivity contribution in [3.63, 3.8) is 0 Å². The van der Waals surface area contributed by atoms with Crippen molar-refractivity contribution in [1.82, 2.24) is 19.1 Å². The molecule has 0 aliphatic rings. The highest BCUT2D eigenvalue weighted by Crippen LogP contribution is 2.19. The van der Waals surface area contributed by atoms with Crippen LogP contribution in [0.1, 0.15) is 5.56 Å². The summed E-state index contributed by atoms with van der Waals surface area (Å²) in [5.41, 5.74) is 8.00. The van der Waals surface area contributed by atoms with Gasteiger partial charge in [-0.15, -0.1) is 0 Å². The normalized spacial score (nSPS) is 11.3. The molecule has 0 spiro atoms. The first-order valence-corrected chi connectivity index (χ1v) is 6.03. The highest BCUT2D eigenvalue weighted by atomic mass is 16.2. The van der Waals surface area contributed by atoms with Gasteiger partial charge in [-0.2, -0.15) is 0 Å². The van der Waals surface area contributed by atoms with Gasteiger partial charge in [0.25, 0.3) is 5.56 Å². The topological polar surface area (TPSA) is 95.8 Å². The average molecular weight is 271 g/mol. The molecule has 1 aromatic carbocycles. The molecule has 2 N–H and O–H groups in total. The van der Waals surface area contributed by atoms with Gasteiger partial charge in [0.2, 0.25) is 0 Å². The molecule has 2 heterocycles. The molecule has 0 saturated heterocycles. The third-order valence-electron chi connectivity index (χ3n) is 3.43. The van der Waals surface area contributed by atoms with Crippen LogP contribution < -0.4 is 17.0 Å². The van der Waals surface area contributed by atoms with Crippen LogP contribution in [0.5, 0.6) is 0 Å². The molecule has 0 bridgehead atoms. The number of hydrogen-bond donors (Lipinski definition) is 1. The number of rotatable bonds is 0. The van der Waals surface area contributed by atoms with Crippen LogP contribution >= 0.6 is 0 Å². The Bertz CT molecular complexity index is 984. The number of benzene rings is 1. The van der Waals surface area contributed by atoms with E-state index in [0.717, 1.165) is 10.1 Å². The molecule has 0 saturated carbocycles. The van der Waals surface area contributed by atoms with Gasteiger partial charge in [-0.1, -0.05) is 0 Å². The Labute approximate surface area is 113 Å². The van der Waals surface area contributed by atoms with Crippen LogP contribution in [-0.2, 0) is 14.1 Å². The molecule has 102 valence electrons. The van der Waals surface area contributed by atoms with Gasteiger partial charge in [0.1, 0.15) is 0 Å². The molecule has 3 aromatic rings. The van der Waals surface area contributed by atoms with E-state index in [2.05, 4.69) is 9.97 Å². The predicted molar refractivity (Wildman–Crippen MR) is 76.7 cm³/mol. The van der Waals surface area contributed by atoms with Crippen molar-refractivity contribution >= 4 is 27.9 Å². The number of fused-ring (bicyclic) bond motifs is 2. The van der Waals surface area contributed by atoms with Crippen molar-refractivity contribution in [2.24, 2.45) is 14.1 Å². The molecule has 2 aromatic heterocycles. The molecule has 0 fully saturated rings. The Morgan fingerprint density at radius 3 is 2.40 bits per heavy atom. The lowest BCUT2D eigenvalue weighted by Crippen LogP contribution is -2.37. The van der Waals surface area contributed by atoms with Gasteiger partial charge in [-0.3, -0.25) is 13.9 Å². The summed E-state index contributed by atoms with van der Waals surface area (Å²) in [6, 6.07) is 3.47. The molecule has 0 radical (unpaired) electrons. The van der Waals surface area contributed by atoms with Crippen molar-refractivity contribution in [3.8, 4) is 0 Å². The number of nitrogens with zero attached hydrogens (tertiary/aromatic N) is 4. The fourth-order valence-electron chi connectivity index (χ4n) is 2.15. The highest BCUT2D eigenvalue weighted by molar-refractivity contribution is 5.86. The first-order chi connectivity index (χ1) is 9.40. The van der Waals surface area contributed by atoms with E-state index in [1.165, 1.54) is 11.6 Å². The second-order valence-corrected chi connectivity index (χ2v) is 4.80. The number of nitrogens with two attached hydrogens (primary N) is 1. The summed E-state index contributed by atoms with van der Waals surface area (Å²) in [6.45, 7) is 1.86. The van der Waals surface area contributed by atoms with Gasteiger partial charge in [0.15, 0.2) is 11.2 Å². The van der Waals surface area contributed by atoms with Crippen molar-refractivity contribution in [1.29, 1.82) is 0 Å². The van der Waals surface area contributed by atoms with E-state index in [-0.39, 0.29) is 11.2 Å². The highest BCUT2D eigenvalue weighted by Gasteiger charge is 2.13. The quantitative estimate of drug-likeness (QED) is 0.461. The summed E-state index contributed by atoms with van der Waals surface area (Å²) in [6.07, 6.45) is 0. The number of anilines is 1. The first-order valence-electron chi connectivity index (χ1n) is 6.03. The van der Waals surface area contributed by atoms with E-state index in [1.54, 1.807) is 19.2 Å². The van der Waals surface area contributed by atoms with E-state index in [9.17, 15) is 9.59 Å². The zero-order valence-corrected chi connectivity index (χ0v) is 11.3. The van der Waals surface area contributed by atoms with Crippen LogP contribution in [0, 0.1) is 6.92 Å². The largest absolute Gasteiger partial charge is 0.398 e. The van der Waals surface area contributed by atoms with Gasteiger partial charge in [0.05, 0.1) is 11.0 Å². The maximum Gasteiger partial charge on any atom is 0.332 e. The average Bonchev–Trinajstić information content (AvgIpc) is 2.43. The molecular weight excluding hydrogens is 258 g/mol. The molecule has 7 heteroatoms. The smallest absolute Gasteiger partial charge is 0.332 e. The van der Waals surface area contributed by atoms with Gasteiger partial charge < -0.3 is 5.73 Å². The van der Waals surface area contributed by atoms with Gasteiger partial charge in [-0.05, 0) is 24.6 Å². The first kappa shape index (κ1) is 12.3. The monoisotopic (exact) mass is 271 g/mol. The summed E-state index contributed by atoms with van der Waals surface area (Å²) in [7, 11) is 2.98. The molecule has 20 heavy (non-hydrogen) atoms. The van der Waals surface area contributed by atoms with Crippen LogP contribution in [0.25, 0.3) is 22.2 Å². The van der Waals surface area contributed by atoms with E-state index in [0.29, 0.717) is 16.7 Å². The molecule has 0 unspecified atom stereocenters. The summed E-state index contributed by atoms with van der Waals surface area (Å²) in [5, 5.41) is 0. The fourth-order valence-corrected chi connectivity index (χ4v) is 2.15. The molecule has 0 aliphatic heterocycles. The number of aryl methyl sites for hydroxylation is 2. The Kier molecular flexibility index (Phi) is 2.40. The van der Waals surface area contributed by atoms with Gasteiger partial charge >= 0.3 is 5.69 Å². The minimum absolute atomic E-state index is 0.172.